The van der Waals surface area contributed by atoms with Gasteiger partial charge >= 0.3 is 17.9 Å². The van der Waals surface area contributed by atoms with Gasteiger partial charge in [-0.25, -0.2) is 50.1 Å². The third-order valence-electron chi connectivity index (χ3n) is 6.90. The molecule has 0 unspecified atom stereocenters. The van der Waals surface area contributed by atoms with E-state index in [1.165, 1.54) is 48.0 Å². The molecule has 0 bridgehead atoms. The first-order valence-corrected chi connectivity index (χ1v) is 16.6. The molecule has 20 heteroatoms. The predicted octanol–water partition coefficient (Wildman–Crippen LogP) is 6.74. The van der Waals surface area contributed by atoms with Crippen LogP contribution < -0.4 is 5.73 Å². The average molecular weight is 842 g/mol. The number of rotatable bonds is 10. The minimum Gasteiger partial charge on any atom is -0.476 e. The standard InChI is InChI=1S/C13H12F2N2O2.C11H8F2N2O2.C7H7F2N.C7H10O4.ClH/c1-3-19-13(18)11-6-8(2)17(16-11)12-5-4-9(14)7-10(12)15;1-6-4-9(11(16)17)14-15(6)10-3-2-7(12)5-8(10)13;8-6-2-1-5(4-10)7(9)3-6;1-3-11-7(10)6(9)4-5(2)8;/h4-7H,3H2,1-2H3;2-5H,1H3,(H,16,17);1-3H,4,10H2;3-4H2,1-2H3;1H. The Labute approximate surface area is 333 Å². The molecule has 0 spiro atoms. The van der Waals surface area contributed by atoms with Crippen LogP contribution in [0.5, 0.6) is 0 Å². The highest BCUT2D eigenvalue weighted by Crippen LogP contribution is 2.19. The lowest BCUT2D eigenvalue weighted by molar-refractivity contribution is -0.154. The Bertz CT molecular complexity index is 2230. The Hall–Kier alpha value is -6.34. The first-order chi connectivity index (χ1) is 26.8. The lowest BCUT2D eigenvalue weighted by Crippen LogP contribution is -2.19. The number of esters is 2. The molecule has 2 heterocycles. The number of hydrogen-bond donors (Lipinski definition) is 2. The second-order valence-corrected chi connectivity index (χ2v) is 11.3. The molecule has 0 fully saturated rings. The van der Waals surface area contributed by atoms with Crippen molar-refractivity contribution >= 4 is 41.9 Å². The van der Waals surface area contributed by atoms with E-state index in [0.29, 0.717) is 17.0 Å². The predicted molar refractivity (Wildman–Crippen MR) is 198 cm³/mol. The van der Waals surface area contributed by atoms with Gasteiger partial charge < -0.3 is 20.3 Å². The van der Waals surface area contributed by atoms with Crippen LogP contribution in [0.25, 0.3) is 11.4 Å². The highest BCUT2D eigenvalue weighted by molar-refractivity contribution is 6.36. The number of carbonyl (C=O) groups excluding carboxylic acids is 4. The quantitative estimate of drug-likeness (QED) is 0.0657. The van der Waals surface area contributed by atoms with E-state index in [1.54, 1.807) is 27.7 Å². The van der Waals surface area contributed by atoms with Gasteiger partial charge in [0.15, 0.2) is 23.0 Å². The van der Waals surface area contributed by atoms with Gasteiger partial charge in [-0.15, -0.1) is 12.4 Å². The Balaban J connectivity index is 0.000000398. The molecule has 0 aliphatic rings. The zero-order valence-electron chi connectivity index (χ0n) is 31.5. The number of hydrogen-bond acceptors (Lipinski definition) is 10. The summed E-state index contributed by atoms with van der Waals surface area (Å²) in [4.78, 5) is 53.8. The minimum absolute atomic E-state index is 0. The van der Waals surface area contributed by atoms with Crippen LogP contribution in [0.3, 0.4) is 0 Å². The van der Waals surface area contributed by atoms with Crippen LogP contribution in [0.1, 0.15) is 65.1 Å². The number of carboxylic acids is 1. The van der Waals surface area contributed by atoms with Crippen molar-refractivity contribution in [1.29, 1.82) is 0 Å². The number of Topliss-reactive ketones (excluding diaryl/α,β-unsaturated/α-hetero) is 2. The number of aromatic nitrogens is 4. The summed E-state index contributed by atoms with van der Waals surface area (Å²) in [5.74, 6) is -7.88. The summed E-state index contributed by atoms with van der Waals surface area (Å²) in [5, 5.41) is 16.4. The smallest absolute Gasteiger partial charge is 0.375 e. The van der Waals surface area contributed by atoms with Gasteiger partial charge in [0.05, 0.1) is 19.6 Å². The zero-order chi connectivity index (χ0) is 43.0. The summed E-state index contributed by atoms with van der Waals surface area (Å²) in [6, 6.07) is 12.3. The van der Waals surface area contributed by atoms with Crippen molar-refractivity contribution in [3.63, 3.8) is 0 Å². The van der Waals surface area contributed by atoms with Gasteiger partial charge in [-0.1, -0.05) is 6.07 Å². The third kappa shape index (κ3) is 15.0. The maximum atomic E-state index is 13.7. The molecule has 0 radical (unpaired) electrons. The van der Waals surface area contributed by atoms with Crippen LogP contribution in [0.2, 0.25) is 0 Å². The molecular weight excluding hydrogens is 804 g/mol. The fourth-order valence-electron chi connectivity index (χ4n) is 4.35. The van der Waals surface area contributed by atoms with Crippen LogP contribution in [0, 0.1) is 48.8 Å². The van der Waals surface area contributed by atoms with E-state index >= 15 is 0 Å². The lowest BCUT2D eigenvalue weighted by atomic mass is 10.2. The molecule has 5 aromatic rings. The van der Waals surface area contributed by atoms with Crippen molar-refractivity contribution in [3.05, 3.63) is 130 Å². The zero-order valence-corrected chi connectivity index (χ0v) is 32.3. The topological polar surface area (TPSA) is 186 Å². The number of nitrogens with zero attached hydrogens (tertiary/aromatic N) is 4. The third-order valence-corrected chi connectivity index (χ3v) is 6.90. The summed E-state index contributed by atoms with van der Waals surface area (Å²) in [5.41, 5.74) is 6.46. The molecule has 3 N–H and O–H groups in total. The molecule has 0 aliphatic heterocycles. The number of ketones is 2. The monoisotopic (exact) mass is 841 g/mol. The van der Waals surface area contributed by atoms with Crippen molar-refractivity contribution in [3.8, 4) is 11.4 Å². The number of halogens is 7. The number of aromatic carboxylic acids is 1. The molecule has 5 rings (SSSR count). The molecule has 0 amide bonds. The molecule has 13 nitrogen and oxygen atoms in total. The number of benzene rings is 3. The Kier molecular flexibility index (Phi) is 20.3. The van der Waals surface area contributed by atoms with Crippen molar-refractivity contribution in [2.24, 2.45) is 5.73 Å². The first kappa shape index (κ1) is 49.7. The van der Waals surface area contributed by atoms with Gasteiger partial charge in [-0.05, 0) is 77.1 Å². The maximum absolute atomic E-state index is 13.7. The number of carboxylic acid groups (broad SMARTS) is 1. The van der Waals surface area contributed by atoms with E-state index in [2.05, 4.69) is 14.9 Å². The molecule has 3 aromatic carbocycles. The second kappa shape index (κ2) is 23.7. The summed E-state index contributed by atoms with van der Waals surface area (Å²) in [7, 11) is 0. The van der Waals surface area contributed by atoms with Crippen LogP contribution in [-0.4, -0.2) is 67.4 Å². The summed E-state index contributed by atoms with van der Waals surface area (Å²) in [6.07, 6.45) is -0.362. The number of nitrogens with two attached hydrogens (primary N) is 1. The van der Waals surface area contributed by atoms with Crippen molar-refractivity contribution in [2.75, 3.05) is 13.2 Å². The van der Waals surface area contributed by atoms with E-state index in [9.17, 15) is 50.3 Å². The SMILES string of the molecule is CCOC(=O)C(=O)CC(C)=O.CCOC(=O)c1cc(C)n(-c2ccc(F)cc2F)n1.Cc1cc(C(=O)O)nn1-c1ccc(F)cc1F.Cl.NCc1ccc(F)cc1F. The second-order valence-electron chi connectivity index (χ2n) is 11.3. The molecule has 0 aliphatic carbocycles. The van der Waals surface area contributed by atoms with E-state index in [0.717, 1.165) is 35.0 Å². The van der Waals surface area contributed by atoms with Crippen molar-refractivity contribution < 1.29 is 64.9 Å². The number of aryl methyl sites for hydroxylation is 2. The van der Waals surface area contributed by atoms with Gasteiger partial charge in [0.2, 0.25) is 5.78 Å². The number of ether oxygens (including phenoxy) is 2. The van der Waals surface area contributed by atoms with Crippen LogP contribution in [-0.2, 0) is 30.4 Å². The number of carbonyl (C=O) groups is 5. The van der Waals surface area contributed by atoms with Gasteiger partial charge in [0.1, 0.15) is 40.4 Å². The summed E-state index contributed by atoms with van der Waals surface area (Å²) >= 11 is 0. The summed E-state index contributed by atoms with van der Waals surface area (Å²) in [6.45, 7) is 8.27. The fourth-order valence-corrected chi connectivity index (χ4v) is 4.35. The molecule has 0 atom stereocenters. The fraction of sp³-hybridized carbons (Fsp3) is 0.237. The van der Waals surface area contributed by atoms with Gasteiger partial charge in [0, 0.05) is 41.7 Å². The van der Waals surface area contributed by atoms with E-state index in [-0.39, 0.29) is 67.1 Å². The molecule has 0 saturated heterocycles. The first-order valence-electron chi connectivity index (χ1n) is 16.6. The highest BCUT2D eigenvalue weighted by atomic mass is 35.5. The summed E-state index contributed by atoms with van der Waals surface area (Å²) < 4.78 is 89.0. The van der Waals surface area contributed by atoms with Crippen LogP contribution in [0.15, 0.2) is 66.7 Å². The van der Waals surface area contributed by atoms with Gasteiger partial charge in [-0.2, -0.15) is 10.2 Å². The van der Waals surface area contributed by atoms with E-state index in [4.69, 9.17) is 15.6 Å². The van der Waals surface area contributed by atoms with Crippen LogP contribution >= 0.6 is 12.4 Å². The Morgan fingerprint density at radius 1 is 0.672 bits per heavy atom. The normalized spacial score (nSPS) is 9.93. The Morgan fingerprint density at radius 2 is 1.10 bits per heavy atom. The Morgan fingerprint density at radius 3 is 1.48 bits per heavy atom. The molecule has 2 aromatic heterocycles. The van der Waals surface area contributed by atoms with Crippen molar-refractivity contribution in [1.82, 2.24) is 19.6 Å². The largest absolute Gasteiger partial charge is 0.476 e. The van der Waals surface area contributed by atoms with E-state index < -0.39 is 58.6 Å². The van der Waals surface area contributed by atoms with Gasteiger partial charge in [-0.3, -0.25) is 9.59 Å². The molecular formula is C38H38ClF6N5O8. The van der Waals surface area contributed by atoms with Crippen molar-refractivity contribution in [2.45, 2.75) is 47.6 Å². The molecule has 312 valence electrons. The average Bonchev–Trinajstić information content (AvgIpc) is 3.71. The maximum Gasteiger partial charge on any atom is 0.375 e. The highest BCUT2D eigenvalue weighted by Gasteiger charge is 2.18. The minimum atomic E-state index is -1.20. The van der Waals surface area contributed by atoms with Gasteiger partial charge in [0.25, 0.3) is 0 Å². The van der Waals surface area contributed by atoms with Crippen LogP contribution in [0.4, 0.5) is 26.3 Å². The van der Waals surface area contributed by atoms with E-state index in [1.807, 2.05) is 0 Å². The molecule has 0 saturated carbocycles. The lowest BCUT2D eigenvalue weighted by Gasteiger charge is -2.05. The molecule has 58 heavy (non-hydrogen) atoms.